The van der Waals surface area contributed by atoms with Gasteiger partial charge in [0, 0.05) is 6.61 Å². The quantitative estimate of drug-likeness (QED) is 0.473. The van der Waals surface area contributed by atoms with Gasteiger partial charge in [-0.2, -0.15) is 0 Å². The molecule has 0 atom stereocenters. The van der Waals surface area contributed by atoms with E-state index in [-0.39, 0.29) is 0 Å². The first-order chi connectivity index (χ1) is 10.1. The zero-order valence-corrected chi connectivity index (χ0v) is 13.8. The van der Waals surface area contributed by atoms with Crippen LogP contribution >= 0.6 is 0 Å². The fourth-order valence-electron chi connectivity index (χ4n) is 1.74. The normalized spacial score (nSPS) is 10.1. The van der Waals surface area contributed by atoms with Crippen molar-refractivity contribution in [1.29, 1.82) is 0 Å². The Kier molecular flexibility index (Phi) is 8.53. The van der Waals surface area contributed by atoms with Gasteiger partial charge in [-0.1, -0.05) is 29.4 Å². The van der Waals surface area contributed by atoms with Gasteiger partial charge in [-0.25, -0.2) is 0 Å². The molecule has 0 aromatic heterocycles. The summed E-state index contributed by atoms with van der Waals surface area (Å²) in [7, 11) is 0. The number of hydrogen-bond acceptors (Lipinski definition) is 2. The average molecular weight is 288 g/mol. The molecule has 0 heterocycles. The lowest BCUT2D eigenvalue weighted by molar-refractivity contribution is 0.159. The Labute approximate surface area is 129 Å². The Morgan fingerprint density at radius 1 is 0.905 bits per heavy atom. The smallest absolute Gasteiger partial charge is 0.119 e. The summed E-state index contributed by atoms with van der Waals surface area (Å²) in [4.78, 5) is 0. The summed E-state index contributed by atoms with van der Waals surface area (Å²) in [5, 5.41) is 0. The van der Waals surface area contributed by atoms with Crippen molar-refractivity contribution in [2.75, 3.05) is 19.8 Å². The molecule has 0 aliphatic heterocycles. The van der Waals surface area contributed by atoms with E-state index in [0.717, 1.165) is 31.8 Å². The second kappa shape index (κ2) is 10.2. The Hall–Kier alpha value is -1.54. The summed E-state index contributed by atoms with van der Waals surface area (Å²) in [6.45, 7) is 10.5. The van der Waals surface area contributed by atoms with Gasteiger partial charge in [-0.05, 0) is 64.3 Å². The first-order valence-electron chi connectivity index (χ1n) is 7.64. The van der Waals surface area contributed by atoms with Crippen LogP contribution in [0.3, 0.4) is 0 Å². The fraction of sp³-hybridized carbons (Fsp3) is 0.474. The van der Waals surface area contributed by atoms with E-state index in [1.165, 1.54) is 16.7 Å². The van der Waals surface area contributed by atoms with Crippen molar-refractivity contribution < 1.29 is 9.47 Å². The number of aryl methyl sites for hydroxylation is 1. The van der Waals surface area contributed by atoms with E-state index >= 15 is 0 Å². The van der Waals surface area contributed by atoms with Crippen molar-refractivity contribution in [1.82, 2.24) is 0 Å². The third-order valence-electron chi connectivity index (χ3n) is 3.03. The zero-order valence-electron chi connectivity index (χ0n) is 13.8. The largest absolute Gasteiger partial charge is 0.490 e. The van der Waals surface area contributed by atoms with Gasteiger partial charge < -0.3 is 9.47 Å². The third-order valence-corrected chi connectivity index (χ3v) is 3.03. The van der Waals surface area contributed by atoms with E-state index in [1.54, 1.807) is 0 Å². The molecule has 1 aromatic rings. The molecule has 116 valence electrons. The predicted octanol–water partition coefficient (Wildman–Crippen LogP) is 4.95. The second-order valence-corrected chi connectivity index (χ2v) is 5.70. The maximum absolute atomic E-state index is 5.64. The molecule has 0 aliphatic carbocycles. The van der Waals surface area contributed by atoms with Gasteiger partial charge in [0.25, 0.3) is 0 Å². The number of allylic oxidation sites excluding steroid dienone is 2. The number of rotatable bonds is 9. The second-order valence-electron chi connectivity index (χ2n) is 5.70. The molecular weight excluding hydrogens is 260 g/mol. The summed E-state index contributed by atoms with van der Waals surface area (Å²) in [6, 6.07) is 8.35. The molecule has 0 amide bonds. The molecule has 1 rings (SSSR count). The molecular formula is C19H28O2. The number of benzene rings is 1. The van der Waals surface area contributed by atoms with Crippen LogP contribution in [0.5, 0.6) is 5.75 Å². The summed E-state index contributed by atoms with van der Waals surface area (Å²) < 4.78 is 11.2. The van der Waals surface area contributed by atoms with Crippen molar-refractivity contribution in [3.8, 4) is 5.75 Å². The van der Waals surface area contributed by atoms with Crippen LogP contribution in [-0.4, -0.2) is 19.8 Å². The van der Waals surface area contributed by atoms with Crippen LogP contribution < -0.4 is 4.74 Å². The van der Waals surface area contributed by atoms with E-state index in [1.807, 2.05) is 12.1 Å². The van der Waals surface area contributed by atoms with Gasteiger partial charge in [-0.3, -0.25) is 0 Å². The van der Waals surface area contributed by atoms with Gasteiger partial charge in [0.1, 0.15) is 12.4 Å². The number of hydrogen-bond donors (Lipinski definition) is 0. The Balaban J connectivity index is 2.22. The first kappa shape index (κ1) is 17.5. The van der Waals surface area contributed by atoms with Crippen LogP contribution in [0.25, 0.3) is 0 Å². The van der Waals surface area contributed by atoms with Crippen molar-refractivity contribution in [3.05, 3.63) is 53.1 Å². The molecule has 2 nitrogen and oxygen atoms in total. The molecule has 0 saturated carbocycles. The van der Waals surface area contributed by atoms with Crippen LogP contribution in [0.4, 0.5) is 0 Å². The lowest BCUT2D eigenvalue weighted by atomic mass is 10.1. The molecule has 0 radical (unpaired) electrons. The summed E-state index contributed by atoms with van der Waals surface area (Å²) in [5.41, 5.74) is 3.91. The highest BCUT2D eigenvalue weighted by Crippen LogP contribution is 2.13. The molecule has 0 fully saturated rings. The molecule has 0 saturated heterocycles. The Bertz CT molecular complexity index is 447. The molecule has 0 bridgehead atoms. The lowest BCUT2D eigenvalue weighted by Crippen LogP contribution is -1.98. The minimum absolute atomic E-state index is 0.639. The maximum Gasteiger partial charge on any atom is 0.119 e. The molecule has 0 N–H and O–H groups in total. The van der Waals surface area contributed by atoms with Crippen LogP contribution in [0, 0.1) is 0 Å². The molecule has 0 aliphatic rings. The van der Waals surface area contributed by atoms with Gasteiger partial charge in [-0.15, -0.1) is 0 Å². The van der Waals surface area contributed by atoms with E-state index in [0.29, 0.717) is 6.61 Å². The molecule has 0 spiro atoms. The van der Waals surface area contributed by atoms with Crippen LogP contribution in [0.1, 0.15) is 39.7 Å². The van der Waals surface area contributed by atoms with Crippen LogP contribution in [-0.2, 0) is 11.2 Å². The van der Waals surface area contributed by atoms with Gasteiger partial charge in [0.15, 0.2) is 0 Å². The topological polar surface area (TPSA) is 18.5 Å². The molecule has 1 aromatic carbocycles. The average Bonchev–Trinajstić information content (AvgIpc) is 2.43. The number of ether oxygens (including phenoxy) is 2. The highest BCUT2D eigenvalue weighted by Gasteiger charge is 1.96. The summed E-state index contributed by atoms with van der Waals surface area (Å²) >= 11 is 0. The fourth-order valence-corrected chi connectivity index (χ4v) is 1.74. The first-order valence-corrected chi connectivity index (χ1v) is 7.64. The highest BCUT2D eigenvalue weighted by atomic mass is 16.5. The zero-order chi connectivity index (χ0) is 15.5. The molecule has 21 heavy (non-hydrogen) atoms. The predicted molar refractivity (Wildman–Crippen MR) is 89.9 cm³/mol. The monoisotopic (exact) mass is 288 g/mol. The van der Waals surface area contributed by atoms with Crippen molar-refractivity contribution in [2.24, 2.45) is 0 Å². The van der Waals surface area contributed by atoms with Crippen molar-refractivity contribution in [2.45, 2.75) is 40.5 Å². The van der Waals surface area contributed by atoms with Crippen molar-refractivity contribution >= 4 is 0 Å². The van der Waals surface area contributed by atoms with Gasteiger partial charge in [0.2, 0.25) is 0 Å². The highest BCUT2D eigenvalue weighted by molar-refractivity contribution is 5.27. The minimum atomic E-state index is 0.639. The molecule has 0 unspecified atom stereocenters. The maximum atomic E-state index is 5.64. The van der Waals surface area contributed by atoms with E-state index in [4.69, 9.17) is 9.47 Å². The van der Waals surface area contributed by atoms with Gasteiger partial charge in [0.05, 0.1) is 6.61 Å². The summed E-state index contributed by atoms with van der Waals surface area (Å²) in [5.74, 6) is 0.927. The van der Waals surface area contributed by atoms with E-state index in [9.17, 15) is 0 Å². The van der Waals surface area contributed by atoms with Crippen LogP contribution in [0.15, 0.2) is 47.6 Å². The minimum Gasteiger partial charge on any atom is -0.490 e. The van der Waals surface area contributed by atoms with E-state index in [2.05, 4.69) is 52.0 Å². The van der Waals surface area contributed by atoms with Crippen LogP contribution in [0.2, 0.25) is 0 Å². The summed E-state index contributed by atoms with van der Waals surface area (Å²) in [6.07, 6.45) is 6.29. The van der Waals surface area contributed by atoms with Gasteiger partial charge >= 0.3 is 0 Å². The molecule has 2 heteroatoms. The standard InChI is InChI=1S/C19H28O2/c1-16(2)11-14-20-13-5-6-18-7-9-19(10-8-18)21-15-12-17(3)4/h7-12H,5-6,13-15H2,1-4H3. The lowest BCUT2D eigenvalue weighted by Gasteiger charge is -2.06. The third kappa shape index (κ3) is 9.09. The Morgan fingerprint density at radius 2 is 1.52 bits per heavy atom. The van der Waals surface area contributed by atoms with E-state index < -0.39 is 0 Å². The van der Waals surface area contributed by atoms with Crippen molar-refractivity contribution in [3.63, 3.8) is 0 Å². The SMILES string of the molecule is CC(C)=CCOCCCc1ccc(OCC=C(C)C)cc1. The Morgan fingerprint density at radius 3 is 2.14 bits per heavy atom.